The largest absolute Gasteiger partial charge is 0.493 e. The molecule has 0 spiro atoms. The average Bonchev–Trinajstić information content (AvgIpc) is 2.79. The van der Waals surface area contributed by atoms with Gasteiger partial charge < -0.3 is 20.1 Å². The van der Waals surface area contributed by atoms with Gasteiger partial charge in [0.1, 0.15) is 5.82 Å². The van der Waals surface area contributed by atoms with Crippen LogP contribution in [-0.2, 0) is 9.59 Å². The van der Waals surface area contributed by atoms with Crippen LogP contribution in [0.15, 0.2) is 63.5 Å². The molecule has 32 heavy (non-hydrogen) atoms. The van der Waals surface area contributed by atoms with Gasteiger partial charge in [0.15, 0.2) is 17.3 Å². The third-order valence-electron chi connectivity index (χ3n) is 5.73. The Balaban J connectivity index is 1.85. The number of allylic oxidation sites excluding steroid dienone is 3. The van der Waals surface area contributed by atoms with E-state index in [2.05, 4.69) is 31.5 Å². The van der Waals surface area contributed by atoms with Gasteiger partial charge >= 0.3 is 0 Å². The molecule has 1 amide bonds. The number of hydrogen-bond acceptors (Lipinski definition) is 6. The van der Waals surface area contributed by atoms with Crippen LogP contribution in [-0.4, -0.2) is 30.9 Å². The summed E-state index contributed by atoms with van der Waals surface area (Å²) >= 11 is 3.35. The molecule has 2 aromatic rings. The van der Waals surface area contributed by atoms with Gasteiger partial charge in [-0.1, -0.05) is 12.1 Å². The number of nitrogens with one attached hydrogen (secondary N) is 2. The standard InChI is InChI=1S/C24H24BrN3O4/c1-13-20(24(30)28-19-11-10-14(25)12-26-19)21(22-16(27-13)7-5-8-17(22)29)15-6-4-9-18(31-2)23(15)32-3/h4,6,9-12,21,27H,5,7-8H2,1-3H3,(H,26,28,30)/t21-/m0/s1. The number of ketones is 1. The number of pyridine rings is 1. The highest BCUT2D eigenvalue weighted by atomic mass is 79.9. The quantitative estimate of drug-likeness (QED) is 0.633. The number of nitrogens with zero attached hydrogens (tertiary/aromatic N) is 1. The van der Waals surface area contributed by atoms with E-state index in [1.165, 1.54) is 0 Å². The molecular formula is C24H24BrN3O4. The molecule has 2 N–H and O–H groups in total. The molecule has 2 aliphatic rings. The number of anilines is 1. The smallest absolute Gasteiger partial charge is 0.255 e. The number of aromatic nitrogens is 1. The van der Waals surface area contributed by atoms with Crippen molar-refractivity contribution in [1.82, 2.24) is 10.3 Å². The second-order valence-electron chi connectivity index (χ2n) is 7.66. The van der Waals surface area contributed by atoms with E-state index in [-0.39, 0.29) is 11.7 Å². The Morgan fingerprint density at radius 2 is 2.00 bits per heavy atom. The maximum atomic E-state index is 13.5. The highest BCUT2D eigenvalue weighted by Crippen LogP contribution is 2.47. The minimum absolute atomic E-state index is 0.0354. The number of rotatable bonds is 5. The van der Waals surface area contributed by atoms with Crippen LogP contribution in [0.1, 0.15) is 37.7 Å². The van der Waals surface area contributed by atoms with Crippen LogP contribution in [0, 0.1) is 0 Å². The third kappa shape index (κ3) is 4.02. The molecule has 2 heterocycles. The molecule has 0 saturated heterocycles. The number of carbonyl (C=O) groups is 2. The van der Waals surface area contributed by atoms with E-state index in [0.717, 1.165) is 23.0 Å². The lowest BCUT2D eigenvalue weighted by atomic mass is 9.74. The van der Waals surface area contributed by atoms with Gasteiger partial charge in [-0.05, 0) is 53.9 Å². The molecule has 166 valence electrons. The molecule has 4 rings (SSSR count). The van der Waals surface area contributed by atoms with Crippen LogP contribution in [0.3, 0.4) is 0 Å². The molecule has 0 bridgehead atoms. The van der Waals surface area contributed by atoms with Gasteiger partial charge in [0.25, 0.3) is 5.91 Å². The van der Waals surface area contributed by atoms with Gasteiger partial charge in [0.2, 0.25) is 0 Å². The van der Waals surface area contributed by atoms with Gasteiger partial charge in [-0.25, -0.2) is 4.98 Å². The van der Waals surface area contributed by atoms with Gasteiger partial charge in [0, 0.05) is 45.2 Å². The van der Waals surface area contributed by atoms with Gasteiger partial charge in [0.05, 0.1) is 20.1 Å². The molecular weight excluding hydrogens is 474 g/mol. The zero-order valence-electron chi connectivity index (χ0n) is 18.1. The molecule has 7 nitrogen and oxygen atoms in total. The minimum Gasteiger partial charge on any atom is -0.493 e. The zero-order chi connectivity index (χ0) is 22.8. The molecule has 0 radical (unpaired) electrons. The molecule has 1 aromatic carbocycles. The average molecular weight is 498 g/mol. The molecule has 0 fully saturated rings. The first-order valence-electron chi connectivity index (χ1n) is 10.3. The van der Waals surface area contributed by atoms with Crippen molar-refractivity contribution in [3.8, 4) is 11.5 Å². The first-order valence-corrected chi connectivity index (χ1v) is 11.1. The molecule has 1 atom stereocenters. The number of dihydropyridines is 1. The number of ether oxygens (including phenoxy) is 2. The summed E-state index contributed by atoms with van der Waals surface area (Å²) in [5.41, 5.74) is 3.34. The number of amides is 1. The number of carbonyl (C=O) groups excluding carboxylic acids is 2. The Morgan fingerprint density at radius 3 is 2.69 bits per heavy atom. The summed E-state index contributed by atoms with van der Waals surface area (Å²) in [7, 11) is 3.12. The van der Waals surface area contributed by atoms with E-state index >= 15 is 0 Å². The number of halogens is 1. The summed E-state index contributed by atoms with van der Waals surface area (Å²) in [5, 5.41) is 6.19. The minimum atomic E-state index is -0.584. The van der Waals surface area contributed by atoms with Crippen molar-refractivity contribution in [1.29, 1.82) is 0 Å². The van der Waals surface area contributed by atoms with E-state index in [9.17, 15) is 9.59 Å². The van der Waals surface area contributed by atoms with Gasteiger partial charge in [-0.2, -0.15) is 0 Å². The monoisotopic (exact) mass is 497 g/mol. The third-order valence-corrected chi connectivity index (χ3v) is 6.20. The number of para-hydroxylation sites is 1. The molecule has 8 heteroatoms. The van der Waals surface area contributed by atoms with Crippen LogP contribution in [0.5, 0.6) is 11.5 Å². The first-order chi connectivity index (χ1) is 15.4. The lowest BCUT2D eigenvalue weighted by molar-refractivity contribution is -0.116. The van der Waals surface area contributed by atoms with Crippen LogP contribution >= 0.6 is 15.9 Å². The Kier molecular flexibility index (Phi) is 6.32. The first kappa shape index (κ1) is 22.1. The predicted octanol–water partition coefficient (Wildman–Crippen LogP) is 4.47. The summed E-state index contributed by atoms with van der Waals surface area (Å²) in [6.07, 6.45) is 3.60. The van der Waals surface area contributed by atoms with Crippen LogP contribution < -0.4 is 20.1 Å². The van der Waals surface area contributed by atoms with Crippen molar-refractivity contribution in [2.24, 2.45) is 0 Å². The van der Waals surface area contributed by atoms with Crippen LogP contribution in [0.25, 0.3) is 0 Å². The zero-order valence-corrected chi connectivity index (χ0v) is 19.7. The van der Waals surface area contributed by atoms with E-state index in [4.69, 9.17) is 9.47 Å². The normalized spacial score (nSPS) is 18.1. The molecule has 0 saturated carbocycles. The van der Waals surface area contributed by atoms with E-state index in [0.29, 0.717) is 46.1 Å². The van der Waals surface area contributed by atoms with Crippen molar-refractivity contribution in [3.63, 3.8) is 0 Å². The number of hydrogen-bond donors (Lipinski definition) is 2. The fourth-order valence-corrected chi connectivity index (χ4v) is 4.60. The second-order valence-corrected chi connectivity index (χ2v) is 8.58. The maximum Gasteiger partial charge on any atom is 0.255 e. The molecule has 0 unspecified atom stereocenters. The Bertz CT molecular complexity index is 1140. The summed E-state index contributed by atoms with van der Waals surface area (Å²) in [6.45, 7) is 1.85. The van der Waals surface area contributed by atoms with E-state index in [1.807, 2.05) is 19.1 Å². The summed E-state index contributed by atoms with van der Waals surface area (Å²) in [6, 6.07) is 9.03. The summed E-state index contributed by atoms with van der Waals surface area (Å²) in [4.78, 5) is 30.9. The van der Waals surface area contributed by atoms with Gasteiger partial charge in [-0.15, -0.1) is 0 Å². The van der Waals surface area contributed by atoms with Crippen LogP contribution in [0.2, 0.25) is 0 Å². The highest BCUT2D eigenvalue weighted by molar-refractivity contribution is 9.10. The molecule has 1 aliphatic heterocycles. The fourth-order valence-electron chi connectivity index (χ4n) is 4.37. The molecule has 1 aromatic heterocycles. The SMILES string of the molecule is COc1cccc([C@H]2C(C(=O)Nc3ccc(Br)cn3)=C(C)NC3=C2C(=O)CCC3)c1OC. The second kappa shape index (κ2) is 9.16. The number of benzene rings is 1. The molecule has 1 aliphatic carbocycles. The topological polar surface area (TPSA) is 89.5 Å². The van der Waals surface area contributed by atoms with Crippen molar-refractivity contribution in [2.45, 2.75) is 32.1 Å². The lowest BCUT2D eigenvalue weighted by Gasteiger charge is -2.35. The van der Waals surface area contributed by atoms with Gasteiger partial charge in [-0.3, -0.25) is 9.59 Å². The Labute approximate surface area is 195 Å². The maximum absolute atomic E-state index is 13.5. The lowest BCUT2D eigenvalue weighted by Crippen LogP contribution is -2.35. The summed E-state index contributed by atoms with van der Waals surface area (Å²) in [5.74, 6) is 0.592. The van der Waals surface area contributed by atoms with Crippen molar-refractivity contribution in [2.75, 3.05) is 19.5 Å². The van der Waals surface area contributed by atoms with Crippen molar-refractivity contribution in [3.05, 3.63) is 69.1 Å². The van der Waals surface area contributed by atoms with Crippen molar-refractivity contribution < 1.29 is 19.1 Å². The Hall–Kier alpha value is -3.13. The van der Waals surface area contributed by atoms with Crippen LogP contribution in [0.4, 0.5) is 5.82 Å². The number of methoxy groups -OCH3 is 2. The predicted molar refractivity (Wildman–Crippen MR) is 125 cm³/mol. The van der Waals surface area contributed by atoms with E-state index < -0.39 is 5.92 Å². The highest BCUT2D eigenvalue weighted by Gasteiger charge is 2.40. The fraction of sp³-hybridized carbons (Fsp3) is 0.292. The van der Waals surface area contributed by atoms with E-state index in [1.54, 1.807) is 38.6 Å². The van der Waals surface area contributed by atoms with Crippen molar-refractivity contribution >= 4 is 33.4 Å². The number of Topliss-reactive ketones (excluding diaryl/α,β-unsaturated/α-hetero) is 1. The summed E-state index contributed by atoms with van der Waals surface area (Å²) < 4.78 is 12.0. The Morgan fingerprint density at radius 1 is 1.19 bits per heavy atom.